The highest BCUT2D eigenvalue weighted by atomic mass is 16.5. The van der Waals surface area contributed by atoms with Crippen molar-refractivity contribution in [3.63, 3.8) is 0 Å². The number of ether oxygens (including phenoxy) is 1. The Morgan fingerprint density at radius 3 is 2.70 bits per heavy atom. The zero-order valence-electron chi connectivity index (χ0n) is 6.59. The average molecular weight is 145 g/mol. The molecule has 0 fully saturated rings. The smallest absolute Gasteiger partial charge is 0.146 e. The van der Waals surface area contributed by atoms with Crippen LogP contribution in [0.5, 0.6) is 0 Å². The standard InChI is InChI=1S/C7H15NO2/c1-6(5-10-2)3-7(9)4-8/h6H,3-5,8H2,1-2H3. The summed E-state index contributed by atoms with van der Waals surface area (Å²) in [4.78, 5) is 10.7. The predicted octanol–water partition coefficient (Wildman–Crippen LogP) is 0.187. The molecule has 0 spiro atoms. The maximum absolute atomic E-state index is 10.7. The molecule has 0 aliphatic rings. The van der Waals surface area contributed by atoms with Crippen LogP contribution < -0.4 is 5.73 Å². The topological polar surface area (TPSA) is 52.3 Å². The monoisotopic (exact) mass is 145 g/mol. The third-order valence-electron chi connectivity index (χ3n) is 1.25. The SMILES string of the molecule is COCC(C)CC(=O)CN. The fraction of sp³-hybridized carbons (Fsp3) is 0.857. The second kappa shape index (κ2) is 5.38. The van der Waals surface area contributed by atoms with Crippen LogP contribution in [0.25, 0.3) is 0 Å². The zero-order valence-corrected chi connectivity index (χ0v) is 6.59. The summed E-state index contributed by atoms with van der Waals surface area (Å²) in [6, 6.07) is 0. The summed E-state index contributed by atoms with van der Waals surface area (Å²) in [6.07, 6.45) is 0.532. The van der Waals surface area contributed by atoms with E-state index < -0.39 is 0 Å². The van der Waals surface area contributed by atoms with Crippen molar-refractivity contribution in [2.24, 2.45) is 11.7 Å². The first-order chi connectivity index (χ1) is 4.70. The van der Waals surface area contributed by atoms with Crippen molar-refractivity contribution < 1.29 is 9.53 Å². The van der Waals surface area contributed by atoms with Gasteiger partial charge in [-0.1, -0.05) is 6.92 Å². The number of Topliss-reactive ketones (excluding diaryl/α,β-unsaturated/α-hetero) is 1. The maximum atomic E-state index is 10.7. The molecule has 0 heterocycles. The normalized spacial score (nSPS) is 13.1. The fourth-order valence-corrected chi connectivity index (χ4v) is 0.815. The van der Waals surface area contributed by atoms with E-state index in [0.29, 0.717) is 18.9 Å². The van der Waals surface area contributed by atoms with E-state index in [0.717, 1.165) is 0 Å². The van der Waals surface area contributed by atoms with Gasteiger partial charge in [-0.3, -0.25) is 4.79 Å². The predicted molar refractivity (Wildman–Crippen MR) is 39.7 cm³/mol. The Balaban J connectivity index is 3.37. The van der Waals surface area contributed by atoms with Crippen molar-refractivity contribution in [1.29, 1.82) is 0 Å². The van der Waals surface area contributed by atoms with Gasteiger partial charge >= 0.3 is 0 Å². The number of carbonyl (C=O) groups is 1. The molecule has 0 aliphatic carbocycles. The molecule has 60 valence electrons. The van der Waals surface area contributed by atoms with E-state index in [2.05, 4.69) is 0 Å². The van der Waals surface area contributed by atoms with Crippen molar-refractivity contribution in [2.75, 3.05) is 20.3 Å². The van der Waals surface area contributed by atoms with Crippen LogP contribution >= 0.6 is 0 Å². The lowest BCUT2D eigenvalue weighted by Crippen LogP contribution is -2.18. The molecule has 0 aromatic rings. The Morgan fingerprint density at radius 1 is 1.70 bits per heavy atom. The molecular formula is C7H15NO2. The van der Waals surface area contributed by atoms with Crippen LogP contribution in [0, 0.1) is 5.92 Å². The Bertz CT molecular complexity index is 104. The van der Waals surface area contributed by atoms with Gasteiger partial charge in [0.2, 0.25) is 0 Å². The van der Waals surface area contributed by atoms with Gasteiger partial charge in [0.05, 0.1) is 6.54 Å². The maximum Gasteiger partial charge on any atom is 0.146 e. The van der Waals surface area contributed by atoms with E-state index in [1.54, 1.807) is 7.11 Å². The molecule has 2 N–H and O–H groups in total. The zero-order chi connectivity index (χ0) is 7.98. The first kappa shape index (κ1) is 9.59. The Labute approximate surface area is 61.5 Å². The highest BCUT2D eigenvalue weighted by molar-refractivity contribution is 5.80. The number of rotatable bonds is 5. The average Bonchev–Trinajstić information content (AvgIpc) is 1.88. The number of ketones is 1. The lowest BCUT2D eigenvalue weighted by Gasteiger charge is -2.06. The number of nitrogens with two attached hydrogens (primary N) is 1. The molecule has 0 rings (SSSR count). The van der Waals surface area contributed by atoms with Crippen molar-refractivity contribution >= 4 is 5.78 Å². The molecular weight excluding hydrogens is 130 g/mol. The van der Waals surface area contributed by atoms with Crippen molar-refractivity contribution in [3.05, 3.63) is 0 Å². The van der Waals surface area contributed by atoms with Crippen LogP contribution in [0.3, 0.4) is 0 Å². The van der Waals surface area contributed by atoms with Crippen molar-refractivity contribution in [2.45, 2.75) is 13.3 Å². The largest absolute Gasteiger partial charge is 0.384 e. The van der Waals surface area contributed by atoms with Gasteiger partial charge in [0.15, 0.2) is 0 Å². The van der Waals surface area contributed by atoms with Gasteiger partial charge in [0, 0.05) is 20.1 Å². The van der Waals surface area contributed by atoms with E-state index in [9.17, 15) is 4.79 Å². The summed E-state index contributed by atoms with van der Waals surface area (Å²) in [6.45, 7) is 2.75. The molecule has 1 unspecified atom stereocenters. The minimum atomic E-state index is 0.101. The van der Waals surface area contributed by atoms with Crippen LogP contribution in [0.2, 0.25) is 0 Å². The van der Waals surface area contributed by atoms with E-state index in [-0.39, 0.29) is 12.3 Å². The first-order valence-corrected chi connectivity index (χ1v) is 3.41. The Morgan fingerprint density at radius 2 is 2.30 bits per heavy atom. The minimum Gasteiger partial charge on any atom is -0.384 e. The molecule has 3 nitrogen and oxygen atoms in total. The van der Waals surface area contributed by atoms with E-state index in [1.165, 1.54) is 0 Å². The Hall–Kier alpha value is -0.410. The van der Waals surface area contributed by atoms with Gasteiger partial charge in [0.1, 0.15) is 5.78 Å². The summed E-state index contributed by atoms with van der Waals surface area (Å²) < 4.78 is 4.86. The van der Waals surface area contributed by atoms with Gasteiger partial charge in [-0.15, -0.1) is 0 Å². The molecule has 0 amide bonds. The van der Waals surface area contributed by atoms with Crippen LogP contribution in [0.1, 0.15) is 13.3 Å². The lowest BCUT2D eigenvalue weighted by molar-refractivity contribution is -0.118. The highest BCUT2D eigenvalue weighted by Crippen LogP contribution is 2.01. The van der Waals surface area contributed by atoms with E-state index in [1.807, 2.05) is 6.92 Å². The Kier molecular flexibility index (Phi) is 5.16. The molecule has 0 radical (unpaired) electrons. The lowest BCUT2D eigenvalue weighted by atomic mass is 10.1. The van der Waals surface area contributed by atoms with Crippen molar-refractivity contribution in [1.82, 2.24) is 0 Å². The van der Waals surface area contributed by atoms with Crippen molar-refractivity contribution in [3.8, 4) is 0 Å². The molecule has 0 aromatic heterocycles. The molecule has 10 heavy (non-hydrogen) atoms. The minimum absolute atomic E-state index is 0.101. The van der Waals surface area contributed by atoms with Crippen LogP contribution in [-0.2, 0) is 9.53 Å². The second-order valence-electron chi connectivity index (χ2n) is 2.51. The quantitative estimate of drug-likeness (QED) is 0.600. The summed E-state index contributed by atoms with van der Waals surface area (Å²) in [5.74, 6) is 0.394. The fourth-order valence-electron chi connectivity index (χ4n) is 0.815. The molecule has 1 atom stereocenters. The number of carbonyl (C=O) groups excluding carboxylic acids is 1. The van der Waals surface area contributed by atoms with E-state index in [4.69, 9.17) is 10.5 Å². The molecule has 0 saturated heterocycles. The number of methoxy groups -OCH3 is 1. The van der Waals surface area contributed by atoms with E-state index >= 15 is 0 Å². The molecule has 0 bridgehead atoms. The first-order valence-electron chi connectivity index (χ1n) is 3.41. The second-order valence-corrected chi connectivity index (χ2v) is 2.51. The van der Waals surface area contributed by atoms with Gasteiger partial charge in [-0.25, -0.2) is 0 Å². The summed E-state index contributed by atoms with van der Waals surface area (Å²) >= 11 is 0. The third kappa shape index (κ3) is 4.47. The van der Waals surface area contributed by atoms with Crippen LogP contribution in [0.15, 0.2) is 0 Å². The van der Waals surface area contributed by atoms with Gasteiger partial charge in [-0.2, -0.15) is 0 Å². The summed E-state index contributed by atoms with van der Waals surface area (Å²) in [7, 11) is 1.63. The summed E-state index contributed by atoms with van der Waals surface area (Å²) in [5, 5.41) is 0. The molecule has 0 aromatic carbocycles. The highest BCUT2D eigenvalue weighted by Gasteiger charge is 2.05. The molecule has 0 saturated carbocycles. The number of hydrogen-bond acceptors (Lipinski definition) is 3. The van der Waals surface area contributed by atoms with Crippen LogP contribution in [-0.4, -0.2) is 26.0 Å². The van der Waals surface area contributed by atoms with Gasteiger partial charge < -0.3 is 10.5 Å². The van der Waals surface area contributed by atoms with Gasteiger partial charge in [-0.05, 0) is 5.92 Å². The molecule has 3 heteroatoms. The number of hydrogen-bond donors (Lipinski definition) is 1. The molecule has 0 aliphatic heterocycles. The summed E-state index contributed by atoms with van der Waals surface area (Å²) in [5.41, 5.74) is 5.13. The van der Waals surface area contributed by atoms with Gasteiger partial charge in [0.25, 0.3) is 0 Å². The third-order valence-corrected chi connectivity index (χ3v) is 1.25. The van der Waals surface area contributed by atoms with Crippen LogP contribution in [0.4, 0.5) is 0 Å².